The molecular weight excluding hydrogens is 156 g/mol. The Balaban J connectivity index is -0.0000000300. The van der Waals surface area contributed by atoms with Gasteiger partial charge in [0.2, 0.25) is 0 Å². The summed E-state index contributed by atoms with van der Waals surface area (Å²) in [5.41, 5.74) is 0. The molecule has 0 radical (unpaired) electrons. The first-order chi connectivity index (χ1) is 3.46. The molecule has 0 aliphatic heterocycles. The number of rotatable bonds is 0. The summed E-state index contributed by atoms with van der Waals surface area (Å²) in [5, 5.41) is 0. The fraction of sp³-hybridized carbons (Fsp3) is 0.750. The van der Waals surface area contributed by atoms with Crippen molar-refractivity contribution in [3.8, 4) is 0 Å². The van der Waals surface area contributed by atoms with E-state index < -0.39 is 0 Å². The van der Waals surface area contributed by atoms with Crippen LogP contribution in [-0.2, 0) is 0 Å². The van der Waals surface area contributed by atoms with E-state index in [0.29, 0.717) is 0 Å². The molecule has 0 unspecified atom stereocenters. The number of hydrogen-bond donors (Lipinski definition) is 0. The first-order valence-corrected chi connectivity index (χ1v) is 3.00. The molecule has 2 heteroatoms. The van der Waals surface area contributed by atoms with Crippen LogP contribution in [-0.4, -0.2) is 23.1 Å². The third-order valence-corrected chi connectivity index (χ3v) is 0. The van der Waals surface area contributed by atoms with Crippen LogP contribution < -0.4 is 0 Å². The van der Waals surface area contributed by atoms with E-state index in [9.17, 15) is 0 Å². The van der Waals surface area contributed by atoms with Crippen LogP contribution in [0.25, 0.3) is 0 Å². The van der Waals surface area contributed by atoms with Gasteiger partial charge in [0.25, 0.3) is 0 Å². The minimum absolute atomic E-state index is 0. The van der Waals surface area contributed by atoms with Crippen LogP contribution in [0.2, 0.25) is 0 Å². The second-order valence-corrected chi connectivity index (χ2v) is 3.00. The van der Waals surface area contributed by atoms with E-state index in [1.165, 1.54) is 11.8 Å². The first-order valence-electron chi connectivity index (χ1n) is 3.00. The van der Waals surface area contributed by atoms with Crippen LogP contribution in [0.4, 0.5) is 0 Å². The van der Waals surface area contributed by atoms with Crippen molar-refractivity contribution < 1.29 is 0 Å². The van der Waals surface area contributed by atoms with Gasteiger partial charge in [-0.15, -0.1) is 12.4 Å². The number of hydrogen-bond acceptors (Lipinski definition) is 0. The van der Waals surface area contributed by atoms with Crippen LogP contribution in [0.3, 0.4) is 0 Å². The molecule has 0 aromatic carbocycles. The minimum Gasteiger partial charge on any atom is -0.323 e. The molecule has 0 amide bonds. The fourth-order valence-electron chi connectivity index (χ4n) is 0. The Morgan fingerprint density at radius 3 is 0.600 bits per heavy atom. The van der Waals surface area contributed by atoms with Gasteiger partial charge in [0.1, 0.15) is 0 Å². The fourth-order valence-corrected chi connectivity index (χ4v) is 0. The largest absolute Gasteiger partial charge is 2.00 e. The summed E-state index contributed by atoms with van der Waals surface area (Å²) < 4.78 is 0. The Morgan fingerprint density at radius 1 is 0.600 bits per heavy atom. The average Bonchev–Trinajstić information content (AvgIpc) is 1.25. The molecule has 0 heterocycles. The van der Waals surface area contributed by atoms with E-state index in [4.69, 9.17) is 0 Å². The summed E-state index contributed by atoms with van der Waals surface area (Å²) in [7, 11) is 0. The molecule has 0 aromatic heterocycles. The zero-order valence-corrected chi connectivity index (χ0v) is 10.3. The van der Waals surface area contributed by atoms with Crippen molar-refractivity contribution >= 4 is 35.5 Å². The molecule has 0 aromatic rings. The third-order valence-electron chi connectivity index (χ3n) is 0. The SMILES string of the molecule is C[C-](C)C.C[C-](C)C.Cl.[Mg+2]. The predicted octanol–water partition coefficient (Wildman–Crippen LogP) is 3.28. The Hall–Kier alpha value is 1.06. The summed E-state index contributed by atoms with van der Waals surface area (Å²) in [6, 6.07) is 0. The maximum atomic E-state index is 2.08. The van der Waals surface area contributed by atoms with Crippen LogP contribution in [0.5, 0.6) is 0 Å². The quantitative estimate of drug-likeness (QED) is 0.391. The zero-order valence-electron chi connectivity index (χ0n) is 8.12. The smallest absolute Gasteiger partial charge is 0.323 e. The van der Waals surface area contributed by atoms with Gasteiger partial charge in [-0.3, -0.25) is 0 Å². The van der Waals surface area contributed by atoms with Crippen molar-refractivity contribution in [1.82, 2.24) is 0 Å². The Bertz CT molecular complexity index is 24.7. The zero-order chi connectivity index (χ0) is 7.15. The molecule has 0 aliphatic carbocycles. The van der Waals surface area contributed by atoms with Gasteiger partial charge in [-0.05, 0) is 0 Å². The molecule has 0 rings (SSSR count). The molecule has 0 N–H and O–H groups in total. The van der Waals surface area contributed by atoms with E-state index in [1.54, 1.807) is 0 Å². The van der Waals surface area contributed by atoms with Crippen LogP contribution in [0.1, 0.15) is 41.5 Å². The first kappa shape index (κ1) is 22.5. The topological polar surface area (TPSA) is 0 Å². The van der Waals surface area contributed by atoms with Gasteiger partial charge in [-0.2, -0.15) is 41.5 Å². The minimum atomic E-state index is 0. The molecule has 0 saturated heterocycles. The Kier molecular flexibility index (Phi) is 37.2. The second kappa shape index (κ2) is 16.6. The maximum absolute atomic E-state index is 2.08. The molecular formula is C8H19ClMg. The van der Waals surface area contributed by atoms with Crippen molar-refractivity contribution in [3.05, 3.63) is 11.8 Å². The standard InChI is InChI=1S/2C4H9.ClH.Mg/c2*1-4(2)3;;/h2*1-3H3;1H;/q2*-1;;+2. The summed E-state index contributed by atoms with van der Waals surface area (Å²) in [6.07, 6.45) is 0. The van der Waals surface area contributed by atoms with Crippen LogP contribution >= 0.6 is 12.4 Å². The maximum Gasteiger partial charge on any atom is 2.00 e. The number of halogens is 1. The third kappa shape index (κ3) is 527. The molecule has 10 heavy (non-hydrogen) atoms. The van der Waals surface area contributed by atoms with E-state index >= 15 is 0 Å². The molecule has 60 valence electrons. The molecule has 0 bridgehead atoms. The van der Waals surface area contributed by atoms with E-state index in [1.807, 2.05) is 0 Å². The summed E-state index contributed by atoms with van der Waals surface area (Å²) in [6.45, 7) is 12.5. The molecule has 0 aliphatic rings. The van der Waals surface area contributed by atoms with Gasteiger partial charge < -0.3 is 11.8 Å². The normalized spacial score (nSPS) is 7.20. The van der Waals surface area contributed by atoms with Gasteiger partial charge in [-0.25, -0.2) is 0 Å². The monoisotopic (exact) mass is 174 g/mol. The summed E-state index contributed by atoms with van der Waals surface area (Å²) in [4.78, 5) is 0. The van der Waals surface area contributed by atoms with Crippen molar-refractivity contribution in [3.63, 3.8) is 0 Å². The van der Waals surface area contributed by atoms with Crippen molar-refractivity contribution in [1.29, 1.82) is 0 Å². The molecule has 0 atom stereocenters. The van der Waals surface area contributed by atoms with E-state index in [2.05, 4.69) is 41.5 Å². The van der Waals surface area contributed by atoms with Crippen LogP contribution in [0, 0.1) is 11.8 Å². The van der Waals surface area contributed by atoms with Crippen molar-refractivity contribution in [2.24, 2.45) is 0 Å². The van der Waals surface area contributed by atoms with Crippen molar-refractivity contribution in [2.45, 2.75) is 41.5 Å². The molecule has 0 saturated carbocycles. The molecule has 0 fully saturated rings. The molecule has 0 nitrogen and oxygen atoms in total. The molecule has 0 spiro atoms. The average molecular weight is 175 g/mol. The Morgan fingerprint density at radius 2 is 0.600 bits per heavy atom. The van der Waals surface area contributed by atoms with Gasteiger partial charge in [0, 0.05) is 0 Å². The van der Waals surface area contributed by atoms with Gasteiger partial charge >= 0.3 is 23.1 Å². The summed E-state index contributed by atoms with van der Waals surface area (Å²) >= 11 is 0. The van der Waals surface area contributed by atoms with E-state index in [0.717, 1.165) is 0 Å². The summed E-state index contributed by atoms with van der Waals surface area (Å²) in [5.74, 6) is 2.83. The van der Waals surface area contributed by atoms with E-state index in [-0.39, 0.29) is 35.5 Å². The van der Waals surface area contributed by atoms with Crippen molar-refractivity contribution in [2.75, 3.05) is 0 Å². The van der Waals surface area contributed by atoms with Gasteiger partial charge in [-0.1, -0.05) is 0 Å². The van der Waals surface area contributed by atoms with Gasteiger partial charge in [0.15, 0.2) is 0 Å². The second-order valence-electron chi connectivity index (χ2n) is 3.00. The van der Waals surface area contributed by atoms with Crippen LogP contribution in [0.15, 0.2) is 0 Å². The predicted molar refractivity (Wildman–Crippen MR) is 53.5 cm³/mol. The van der Waals surface area contributed by atoms with Gasteiger partial charge in [0.05, 0.1) is 0 Å². The Labute approximate surface area is 88.7 Å².